The van der Waals surface area contributed by atoms with Crippen molar-refractivity contribution in [2.45, 2.75) is 0 Å². The molecular weight excluding hydrogens is 293 g/mol. The number of benzene rings is 1. The smallest absolute Gasteiger partial charge is 1.00 e. The third-order valence-electron chi connectivity index (χ3n) is 1.30. The zero-order valence-electron chi connectivity index (χ0n) is 6.81. The molecule has 0 atom stereocenters. The van der Waals surface area contributed by atoms with E-state index in [0.717, 1.165) is 11.3 Å². The zero-order chi connectivity index (χ0) is 7.56. The Morgan fingerprint density at radius 3 is 2.42 bits per heavy atom. The van der Waals surface area contributed by atoms with E-state index >= 15 is 0 Å². The maximum absolute atomic E-state index is 5.75. The molecule has 0 heterocycles. The summed E-state index contributed by atoms with van der Waals surface area (Å²) in [6, 6.07) is 5.44. The summed E-state index contributed by atoms with van der Waals surface area (Å²) < 4.78 is 4.98. The third-order valence-corrected chi connectivity index (χ3v) is 1.65. The number of hydrogen-bond acceptors (Lipinski definition) is 1. The van der Waals surface area contributed by atoms with E-state index in [9.17, 15) is 0 Å². The maximum atomic E-state index is 5.75. The van der Waals surface area contributed by atoms with Crippen LogP contribution in [0.5, 0.6) is 5.75 Å². The van der Waals surface area contributed by atoms with E-state index < -0.39 is 0 Å². The van der Waals surface area contributed by atoms with E-state index in [1.165, 1.54) is 0 Å². The quantitative estimate of drug-likeness (QED) is 0.503. The van der Waals surface area contributed by atoms with Crippen LogP contribution in [0.2, 0.25) is 5.02 Å². The van der Waals surface area contributed by atoms with Gasteiger partial charge in [-0.05, 0) is 0 Å². The van der Waals surface area contributed by atoms with E-state index in [0.29, 0.717) is 5.02 Å². The Balaban J connectivity index is 0. The van der Waals surface area contributed by atoms with Crippen molar-refractivity contribution in [1.82, 2.24) is 0 Å². The van der Waals surface area contributed by atoms with Gasteiger partial charge in [-0.25, -0.2) is 0 Å². The molecule has 0 aliphatic carbocycles. The first-order chi connectivity index (χ1) is 4.75. The van der Waals surface area contributed by atoms with Crippen LogP contribution in [0.25, 0.3) is 0 Å². The molecule has 12 heavy (non-hydrogen) atoms. The predicted molar refractivity (Wildman–Crippen MR) is 42.5 cm³/mol. The number of methoxy groups -OCH3 is 1. The van der Waals surface area contributed by atoms with Gasteiger partial charge in [0.2, 0.25) is 0 Å². The van der Waals surface area contributed by atoms with Crippen LogP contribution in [0, 0.1) is 6.92 Å². The monoisotopic (exact) mass is 298 g/mol. The molecule has 0 radical (unpaired) electrons. The van der Waals surface area contributed by atoms with Gasteiger partial charge in [0.05, 0.1) is 7.11 Å². The minimum atomic E-state index is 0. The summed E-state index contributed by atoms with van der Waals surface area (Å²) in [4.78, 5) is 0. The van der Waals surface area contributed by atoms with Crippen LogP contribution in [-0.4, -0.2) is 7.11 Å². The van der Waals surface area contributed by atoms with Crippen molar-refractivity contribution >= 4 is 11.6 Å². The SMILES string of the molecule is [Br-].[CH2-]c1c(Cl)cccc1OC.[Zn+2]. The molecule has 62 valence electrons. The standard InChI is InChI=1S/C8H8ClO.BrH.Zn/c1-6-7(9)4-3-5-8(6)10-2;;/h3-5H,1H2,2H3;1H;/q-1;;+2/p-1. The molecule has 0 unspecified atom stereocenters. The molecule has 0 aliphatic heterocycles. The van der Waals surface area contributed by atoms with Crippen molar-refractivity contribution in [3.8, 4) is 5.75 Å². The number of ether oxygens (including phenoxy) is 1. The van der Waals surface area contributed by atoms with Crippen molar-refractivity contribution in [2.75, 3.05) is 7.11 Å². The second-order valence-electron chi connectivity index (χ2n) is 1.92. The van der Waals surface area contributed by atoms with Crippen molar-refractivity contribution in [2.24, 2.45) is 0 Å². The summed E-state index contributed by atoms with van der Waals surface area (Å²) in [5.41, 5.74) is 0.742. The van der Waals surface area contributed by atoms with Crippen molar-refractivity contribution < 1.29 is 41.2 Å². The summed E-state index contributed by atoms with van der Waals surface area (Å²) >= 11 is 5.75. The summed E-state index contributed by atoms with van der Waals surface area (Å²) in [6.45, 7) is 3.73. The van der Waals surface area contributed by atoms with Gasteiger partial charge in [-0.1, -0.05) is 17.2 Å². The first-order valence-corrected chi connectivity index (χ1v) is 3.28. The maximum Gasteiger partial charge on any atom is 2.00 e. The molecule has 0 bridgehead atoms. The van der Waals surface area contributed by atoms with Crippen molar-refractivity contribution in [1.29, 1.82) is 0 Å². The Hall–Kier alpha value is 0.283. The molecular formula is C8H8BrClOZn. The van der Waals surface area contributed by atoms with Crippen LogP contribution < -0.4 is 21.7 Å². The van der Waals surface area contributed by atoms with Crippen LogP contribution in [0.1, 0.15) is 5.56 Å². The Morgan fingerprint density at radius 1 is 1.42 bits per heavy atom. The predicted octanol–water partition coefficient (Wildman–Crippen LogP) is -0.468. The van der Waals surface area contributed by atoms with Gasteiger partial charge < -0.3 is 21.7 Å². The zero-order valence-corrected chi connectivity index (χ0v) is 12.1. The van der Waals surface area contributed by atoms with Gasteiger partial charge >= 0.3 is 19.5 Å². The Labute approximate surface area is 101 Å². The van der Waals surface area contributed by atoms with E-state index in [4.69, 9.17) is 16.3 Å². The van der Waals surface area contributed by atoms with Crippen LogP contribution in [0.3, 0.4) is 0 Å². The number of rotatable bonds is 1. The third kappa shape index (κ3) is 3.34. The summed E-state index contributed by atoms with van der Waals surface area (Å²) in [7, 11) is 1.60. The van der Waals surface area contributed by atoms with Crippen LogP contribution in [0.15, 0.2) is 18.2 Å². The first kappa shape index (κ1) is 14.8. The topological polar surface area (TPSA) is 9.23 Å². The van der Waals surface area contributed by atoms with Gasteiger partial charge in [0.15, 0.2) is 0 Å². The summed E-state index contributed by atoms with van der Waals surface area (Å²) in [5, 5.41) is 0.638. The Kier molecular flexibility index (Phi) is 8.33. The molecule has 1 rings (SSSR count). The molecule has 0 amide bonds. The fourth-order valence-corrected chi connectivity index (χ4v) is 0.896. The van der Waals surface area contributed by atoms with E-state index in [-0.39, 0.29) is 36.5 Å². The average molecular weight is 301 g/mol. The largest absolute Gasteiger partial charge is 2.00 e. The molecule has 0 N–H and O–H groups in total. The summed E-state index contributed by atoms with van der Waals surface area (Å²) in [5.74, 6) is 0.729. The molecule has 0 saturated heterocycles. The van der Waals surface area contributed by atoms with Crippen molar-refractivity contribution in [3.63, 3.8) is 0 Å². The van der Waals surface area contributed by atoms with Crippen molar-refractivity contribution in [3.05, 3.63) is 35.7 Å². The minimum Gasteiger partial charge on any atom is -1.00 e. The Morgan fingerprint density at radius 2 is 2.00 bits per heavy atom. The second-order valence-corrected chi connectivity index (χ2v) is 2.33. The molecule has 0 saturated carbocycles. The molecule has 1 aromatic rings. The van der Waals surface area contributed by atoms with Gasteiger partial charge in [-0.15, -0.1) is 11.6 Å². The van der Waals surface area contributed by atoms with Crippen LogP contribution >= 0.6 is 11.6 Å². The molecule has 0 aliphatic rings. The summed E-state index contributed by atoms with van der Waals surface area (Å²) in [6.07, 6.45) is 0. The van der Waals surface area contributed by atoms with E-state index in [2.05, 4.69) is 6.92 Å². The normalized spacial score (nSPS) is 7.83. The minimum absolute atomic E-state index is 0. The molecule has 0 fully saturated rings. The molecule has 0 spiro atoms. The molecule has 1 aromatic carbocycles. The fourth-order valence-electron chi connectivity index (χ4n) is 0.730. The van der Waals surface area contributed by atoms with Gasteiger partial charge in [-0.3, -0.25) is 0 Å². The molecule has 1 nitrogen and oxygen atoms in total. The Bertz CT molecular complexity index is 242. The number of halogens is 2. The van der Waals surface area contributed by atoms with E-state index in [1.54, 1.807) is 13.2 Å². The average Bonchev–Trinajstić information content (AvgIpc) is 1.95. The van der Waals surface area contributed by atoms with Gasteiger partial charge in [0, 0.05) is 5.75 Å². The van der Waals surface area contributed by atoms with Crippen LogP contribution in [0.4, 0.5) is 0 Å². The van der Waals surface area contributed by atoms with Gasteiger partial charge in [0.25, 0.3) is 0 Å². The van der Waals surface area contributed by atoms with Gasteiger partial charge in [-0.2, -0.15) is 18.5 Å². The number of hydrogen-bond donors (Lipinski definition) is 0. The molecule has 0 aromatic heterocycles. The fraction of sp³-hybridized carbons (Fsp3) is 0.125. The molecule has 4 heteroatoms. The first-order valence-electron chi connectivity index (χ1n) is 2.90. The van der Waals surface area contributed by atoms with Crippen LogP contribution in [-0.2, 0) is 19.5 Å². The second kappa shape index (κ2) is 6.76. The van der Waals surface area contributed by atoms with E-state index in [1.807, 2.05) is 12.1 Å². The van der Waals surface area contributed by atoms with Gasteiger partial charge in [0.1, 0.15) is 0 Å².